The molecule has 0 aromatic heterocycles. The van der Waals surface area contributed by atoms with E-state index in [1.165, 1.54) is 9.80 Å². The van der Waals surface area contributed by atoms with Gasteiger partial charge in [0.25, 0.3) is 0 Å². The number of primary amides is 1. The van der Waals surface area contributed by atoms with E-state index in [4.69, 9.17) is 10.5 Å². The van der Waals surface area contributed by atoms with E-state index in [0.717, 1.165) is 0 Å². The second-order valence-electron chi connectivity index (χ2n) is 7.12. The van der Waals surface area contributed by atoms with E-state index in [1.807, 2.05) is 0 Å². The largest absolute Gasteiger partial charge is 0.444 e. The summed E-state index contributed by atoms with van der Waals surface area (Å²) < 4.78 is 5.40. The number of amides is 3. The second-order valence-corrected chi connectivity index (χ2v) is 7.12. The molecule has 3 N–H and O–H groups in total. The smallest absolute Gasteiger partial charge is 0.411 e. The van der Waals surface area contributed by atoms with Gasteiger partial charge in [-0.05, 0) is 40.0 Å². The molecular formula is C15H25N3O5. The maximum atomic E-state index is 12.9. The quantitative estimate of drug-likeness (QED) is 0.747. The SMILES string of the molecule is CC(C)(C)OC(=O)N1CCCC12CCN([C@@H](CO)C(N)=O)C2=O. The standard InChI is InChI=1S/C15H25N3O5/c1-14(2,3)23-13(22)18-7-4-5-15(18)6-8-17(12(15)21)10(9-19)11(16)20/h10,19H,4-9H2,1-3H3,(H2,16,20)/t10-,15?/m0/s1. The third kappa shape index (κ3) is 3.12. The van der Waals surface area contributed by atoms with Gasteiger partial charge in [0.2, 0.25) is 11.8 Å². The van der Waals surface area contributed by atoms with Gasteiger partial charge in [0.15, 0.2) is 0 Å². The van der Waals surface area contributed by atoms with Crippen molar-refractivity contribution in [2.24, 2.45) is 5.73 Å². The number of rotatable bonds is 3. The number of carbonyl (C=O) groups is 3. The van der Waals surface area contributed by atoms with Crippen LogP contribution in [0.1, 0.15) is 40.0 Å². The molecule has 0 aliphatic carbocycles. The van der Waals surface area contributed by atoms with Gasteiger partial charge in [0, 0.05) is 13.1 Å². The summed E-state index contributed by atoms with van der Waals surface area (Å²) in [7, 11) is 0. The zero-order valence-corrected chi connectivity index (χ0v) is 13.9. The zero-order chi connectivity index (χ0) is 17.4. The lowest BCUT2D eigenvalue weighted by molar-refractivity contribution is -0.143. The highest BCUT2D eigenvalue weighted by Gasteiger charge is 2.57. The van der Waals surface area contributed by atoms with Crippen LogP contribution in [0.5, 0.6) is 0 Å². The van der Waals surface area contributed by atoms with Gasteiger partial charge >= 0.3 is 6.09 Å². The van der Waals surface area contributed by atoms with Gasteiger partial charge in [-0.15, -0.1) is 0 Å². The number of likely N-dealkylation sites (tertiary alicyclic amines) is 2. The topological polar surface area (TPSA) is 113 Å². The van der Waals surface area contributed by atoms with Crippen molar-refractivity contribution >= 4 is 17.9 Å². The summed E-state index contributed by atoms with van der Waals surface area (Å²) in [5.41, 5.74) is 3.63. The maximum absolute atomic E-state index is 12.9. The molecule has 2 aliphatic heterocycles. The molecule has 130 valence electrons. The van der Waals surface area contributed by atoms with Crippen molar-refractivity contribution in [3.8, 4) is 0 Å². The molecule has 0 aromatic carbocycles. The van der Waals surface area contributed by atoms with Gasteiger partial charge in [-0.1, -0.05) is 0 Å². The summed E-state index contributed by atoms with van der Waals surface area (Å²) >= 11 is 0. The maximum Gasteiger partial charge on any atom is 0.411 e. The molecule has 2 rings (SSSR count). The average molecular weight is 327 g/mol. The minimum absolute atomic E-state index is 0.284. The molecule has 3 amide bonds. The average Bonchev–Trinajstić information content (AvgIpc) is 2.97. The van der Waals surface area contributed by atoms with Gasteiger partial charge in [0.1, 0.15) is 17.2 Å². The molecule has 2 atom stereocenters. The Morgan fingerprint density at radius 1 is 1.35 bits per heavy atom. The van der Waals surface area contributed by atoms with Gasteiger partial charge in [-0.3, -0.25) is 14.5 Å². The number of nitrogens with two attached hydrogens (primary N) is 1. The number of aliphatic hydroxyl groups excluding tert-OH is 1. The predicted octanol–water partition coefficient (Wildman–Crippen LogP) is -0.165. The van der Waals surface area contributed by atoms with Crippen molar-refractivity contribution < 1.29 is 24.2 Å². The van der Waals surface area contributed by atoms with Crippen LogP contribution in [0.2, 0.25) is 0 Å². The zero-order valence-electron chi connectivity index (χ0n) is 13.9. The summed E-state index contributed by atoms with van der Waals surface area (Å²) in [4.78, 5) is 39.5. The lowest BCUT2D eigenvalue weighted by Crippen LogP contribution is -2.57. The molecule has 2 aliphatic rings. The Labute approximate surface area is 135 Å². The van der Waals surface area contributed by atoms with Gasteiger partial charge < -0.3 is 20.5 Å². The van der Waals surface area contributed by atoms with Crippen LogP contribution in [0, 0.1) is 0 Å². The molecule has 2 fully saturated rings. The Kier molecular flexibility index (Phi) is 4.57. The Bertz CT molecular complexity index is 516. The first-order chi connectivity index (χ1) is 10.6. The normalized spacial score (nSPS) is 26.0. The number of nitrogens with zero attached hydrogens (tertiary/aromatic N) is 2. The Hall–Kier alpha value is -1.83. The lowest BCUT2D eigenvalue weighted by atomic mass is 9.94. The molecule has 1 spiro atoms. The highest BCUT2D eigenvalue weighted by atomic mass is 16.6. The Morgan fingerprint density at radius 2 is 2.00 bits per heavy atom. The van der Waals surface area contributed by atoms with Gasteiger partial charge in [-0.25, -0.2) is 4.79 Å². The van der Waals surface area contributed by atoms with E-state index in [2.05, 4.69) is 0 Å². The first-order valence-electron chi connectivity index (χ1n) is 7.84. The first kappa shape index (κ1) is 17.5. The molecule has 0 radical (unpaired) electrons. The predicted molar refractivity (Wildman–Crippen MR) is 81.3 cm³/mol. The summed E-state index contributed by atoms with van der Waals surface area (Å²) in [6.45, 7) is 5.51. The van der Waals surface area contributed by atoms with E-state index in [0.29, 0.717) is 25.8 Å². The molecule has 8 nitrogen and oxygen atoms in total. The molecule has 0 bridgehead atoms. The molecule has 2 saturated heterocycles. The number of hydrogen-bond acceptors (Lipinski definition) is 5. The summed E-state index contributed by atoms with van der Waals surface area (Å²) in [5.74, 6) is -1.08. The van der Waals surface area contributed by atoms with Gasteiger partial charge in [-0.2, -0.15) is 0 Å². The number of hydrogen-bond donors (Lipinski definition) is 2. The van der Waals surface area contributed by atoms with Crippen LogP contribution in [0.25, 0.3) is 0 Å². The number of ether oxygens (including phenoxy) is 1. The van der Waals surface area contributed by atoms with Crippen molar-refractivity contribution in [3.05, 3.63) is 0 Å². The van der Waals surface area contributed by atoms with E-state index in [-0.39, 0.29) is 12.5 Å². The molecular weight excluding hydrogens is 302 g/mol. The fraction of sp³-hybridized carbons (Fsp3) is 0.800. The second kappa shape index (κ2) is 5.99. The Balaban J connectivity index is 2.22. The van der Waals surface area contributed by atoms with Crippen LogP contribution in [0.15, 0.2) is 0 Å². The van der Waals surface area contributed by atoms with Crippen LogP contribution in [-0.4, -0.2) is 69.7 Å². The molecule has 0 saturated carbocycles. The summed E-state index contributed by atoms with van der Waals surface area (Å²) in [5, 5.41) is 9.33. The minimum atomic E-state index is -1.05. The highest BCUT2D eigenvalue weighted by molar-refractivity contribution is 5.96. The first-order valence-corrected chi connectivity index (χ1v) is 7.84. The van der Waals surface area contributed by atoms with Crippen LogP contribution in [-0.2, 0) is 14.3 Å². The summed E-state index contributed by atoms with van der Waals surface area (Å²) in [6, 6.07) is -1.05. The van der Waals surface area contributed by atoms with Crippen LogP contribution in [0.3, 0.4) is 0 Å². The fourth-order valence-electron chi connectivity index (χ4n) is 3.36. The molecule has 23 heavy (non-hydrogen) atoms. The summed E-state index contributed by atoms with van der Waals surface area (Å²) in [6.07, 6.45) is 1.11. The molecule has 1 unspecified atom stereocenters. The van der Waals surface area contributed by atoms with Crippen LogP contribution >= 0.6 is 0 Å². The van der Waals surface area contributed by atoms with Gasteiger partial charge in [0.05, 0.1) is 6.61 Å². The monoisotopic (exact) mass is 327 g/mol. The number of aliphatic hydroxyl groups is 1. The van der Waals surface area contributed by atoms with E-state index in [1.54, 1.807) is 20.8 Å². The van der Waals surface area contributed by atoms with Crippen molar-refractivity contribution in [3.63, 3.8) is 0 Å². The third-order valence-electron chi connectivity index (χ3n) is 4.41. The van der Waals surface area contributed by atoms with Crippen molar-refractivity contribution in [2.75, 3.05) is 19.7 Å². The third-order valence-corrected chi connectivity index (χ3v) is 4.41. The van der Waals surface area contributed by atoms with E-state index < -0.39 is 35.8 Å². The van der Waals surface area contributed by atoms with Crippen molar-refractivity contribution in [2.45, 2.75) is 57.2 Å². The van der Waals surface area contributed by atoms with Crippen molar-refractivity contribution in [1.29, 1.82) is 0 Å². The van der Waals surface area contributed by atoms with E-state index in [9.17, 15) is 19.5 Å². The lowest BCUT2D eigenvalue weighted by Gasteiger charge is -2.35. The molecule has 0 aromatic rings. The molecule has 8 heteroatoms. The van der Waals surface area contributed by atoms with Crippen LogP contribution < -0.4 is 5.73 Å². The fourth-order valence-corrected chi connectivity index (χ4v) is 3.36. The Morgan fingerprint density at radius 3 is 2.52 bits per heavy atom. The minimum Gasteiger partial charge on any atom is -0.444 e. The number of carbonyl (C=O) groups excluding carboxylic acids is 3. The highest BCUT2D eigenvalue weighted by Crippen LogP contribution is 2.40. The van der Waals surface area contributed by atoms with Crippen LogP contribution in [0.4, 0.5) is 4.79 Å². The van der Waals surface area contributed by atoms with Crippen molar-refractivity contribution in [1.82, 2.24) is 9.80 Å². The molecule has 2 heterocycles. The van der Waals surface area contributed by atoms with E-state index >= 15 is 0 Å².